The Labute approximate surface area is 366 Å². The highest BCUT2D eigenvalue weighted by molar-refractivity contribution is 6.12. The van der Waals surface area contributed by atoms with Crippen LogP contribution in [0.5, 0.6) is 0 Å². The van der Waals surface area contributed by atoms with Gasteiger partial charge in [0.25, 0.3) is 0 Å². The molecule has 0 aliphatic carbocycles. The minimum atomic E-state index is 0.867. The molecule has 296 valence electrons. The molecule has 0 radical (unpaired) electrons. The highest BCUT2D eigenvalue weighted by Crippen LogP contribution is 2.47. The molecule has 3 nitrogen and oxygen atoms in total. The molecule has 12 rings (SSSR count). The standard InChI is InChI=1S/C60H40N2O/c1-3-16-41(17-4-1)43-30-35-46(36-31-43)61(47-37-32-44(33-38-47)42-18-5-2-6-19-42)58-39-34-45(40-54(58)53-25-15-24-52-51-23-10-14-29-59(51)63-60(52)53)48-20-7-11-26-55(48)62-56-27-12-8-21-49(56)50-22-9-13-28-57(50)62/h1-40H. The molecule has 0 saturated heterocycles. The summed E-state index contributed by atoms with van der Waals surface area (Å²) in [4.78, 5) is 2.39. The Hall–Kier alpha value is -8.40. The molecule has 0 amide bonds. The van der Waals surface area contributed by atoms with Crippen molar-refractivity contribution in [1.82, 2.24) is 4.57 Å². The van der Waals surface area contributed by atoms with Gasteiger partial charge in [-0.3, -0.25) is 0 Å². The predicted molar refractivity (Wildman–Crippen MR) is 264 cm³/mol. The Morgan fingerprint density at radius 3 is 1.43 bits per heavy atom. The second kappa shape index (κ2) is 15.3. The van der Waals surface area contributed by atoms with E-state index in [1.165, 1.54) is 44.1 Å². The number of hydrogen-bond acceptors (Lipinski definition) is 2. The van der Waals surface area contributed by atoms with Gasteiger partial charge in [0, 0.05) is 49.6 Å². The highest BCUT2D eigenvalue weighted by Gasteiger charge is 2.23. The van der Waals surface area contributed by atoms with Gasteiger partial charge in [0.2, 0.25) is 0 Å². The Bertz CT molecular complexity index is 3470. The van der Waals surface area contributed by atoms with Gasteiger partial charge in [0.05, 0.1) is 22.4 Å². The van der Waals surface area contributed by atoms with Gasteiger partial charge in [-0.2, -0.15) is 0 Å². The van der Waals surface area contributed by atoms with Crippen molar-refractivity contribution in [2.24, 2.45) is 0 Å². The fourth-order valence-corrected chi connectivity index (χ4v) is 9.46. The molecule has 12 aromatic rings. The normalized spacial score (nSPS) is 11.5. The van der Waals surface area contributed by atoms with Crippen LogP contribution in [0.4, 0.5) is 17.1 Å². The van der Waals surface area contributed by atoms with Crippen molar-refractivity contribution in [3.8, 4) is 50.2 Å². The lowest BCUT2D eigenvalue weighted by Crippen LogP contribution is -2.11. The van der Waals surface area contributed by atoms with Gasteiger partial charge in [0.1, 0.15) is 11.2 Å². The molecule has 0 bridgehead atoms. The summed E-state index contributed by atoms with van der Waals surface area (Å²) in [5.41, 5.74) is 17.4. The maximum atomic E-state index is 6.82. The van der Waals surface area contributed by atoms with Gasteiger partial charge in [-0.15, -0.1) is 0 Å². The number of hydrogen-bond donors (Lipinski definition) is 0. The van der Waals surface area contributed by atoms with Crippen LogP contribution in [0.15, 0.2) is 247 Å². The number of aromatic nitrogens is 1. The number of para-hydroxylation sites is 5. The Morgan fingerprint density at radius 1 is 0.317 bits per heavy atom. The van der Waals surface area contributed by atoms with Crippen molar-refractivity contribution in [1.29, 1.82) is 0 Å². The smallest absolute Gasteiger partial charge is 0.143 e. The van der Waals surface area contributed by atoms with Crippen molar-refractivity contribution in [2.75, 3.05) is 4.90 Å². The number of furan rings is 1. The first kappa shape index (κ1) is 36.5. The van der Waals surface area contributed by atoms with Gasteiger partial charge in [-0.05, 0) is 88.5 Å². The lowest BCUT2D eigenvalue weighted by Gasteiger charge is -2.29. The van der Waals surface area contributed by atoms with Gasteiger partial charge in [-0.25, -0.2) is 0 Å². The average molecular weight is 805 g/mol. The summed E-state index contributed by atoms with van der Waals surface area (Å²) in [5, 5.41) is 4.68. The van der Waals surface area contributed by atoms with E-state index in [-0.39, 0.29) is 0 Å². The average Bonchev–Trinajstić information content (AvgIpc) is 3.91. The second-order valence-corrected chi connectivity index (χ2v) is 16.1. The molecule has 0 atom stereocenters. The minimum absolute atomic E-state index is 0.867. The molecule has 10 aromatic carbocycles. The summed E-state index contributed by atoms with van der Waals surface area (Å²) < 4.78 is 9.23. The van der Waals surface area contributed by atoms with Gasteiger partial charge >= 0.3 is 0 Å². The number of nitrogens with zero attached hydrogens (tertiary/aromatic N) is 2. The van der Waals surface area contributed by atoms with Crippen LogP contribution >= 0.6 is 0 Å². The molecule has 2 heterocycles. The molecule has 0 spiro atoms. The van der Waals surface area contributed by atoms with E-state index in [1.54, 1.807) is 0 Å². The third-order valence-electron chi connectivity index (χ3n) is 12.4. The Balaban J connectivity index is 1.11. The zero-order chi connectivity index (χ0) is 41.7. The second-order valence-electron chi connectivity index (χ2n) is 16.1. The SMILES string of the molecule is c1ccc(-c2ccc(N(c3ccc(-c4ccccc4)cc3)c3ccc(-c4ccccc4-n4c5ccccc5c5ccccc54)cc3-c3cccc4c3oc3ccccc34)cc2)cc1. The van der Waals surface area contributed by atoms with Crippen molar-refractivity contribution in [3.05, 3.63) is 243 Å². The van der Waals surface area contributed by atoms with Crippen LogP contribution in [0.25, 0.3) is 93.9 Å². The molecule has 0 fully saturated rings. The zero-order valence-electron chi connectivity index (χ0n) is 34.4. The van der Waals surface area contributed by atoms with Crippen molar-refractivity contribution in [2.45, 2.75) is 0 Å². The van der Waals surface area contributed by atoms with Crippen LogP contribution in [0, 0.1) is 0 Å². The van der Waals surface area contributed by atoms with Gasteiger partial charge in [-0.1, -0.05) is 182 Å². The van der Waals surface area contributed by atoms with E-state index in [2.05, 4.69) is 246 Å². The van der Waals surface area contributed by atoms with Crippen molar-refractivity contribution < 1.29 is 4.42 Å². The fraction of sp³-hybridized carbons (Fsp3) is 0. The van der Waals surface area contributed by atoms with E-state index in [9.17, 15) is 0 Å². The summed E-state index contributed by atoms with van der Waals surface area (Å²) in [6, 6.07) is 87.1. The molecular formula is C60H40N2O. The number of anilines is 3. The number of fused-ring (bicyclic) bond motifs is 6. The quantitative estimate of drug-likeness (QED) is 0.153. The third-order valence-corrected chi connectivity index (χ3v) is 12.4. The minimum Gasteiger partial charge on any atom is -0.455 e. The van der Waals surface area contributed by atoms with Crippen LogP contribution in [0.3, 0.4) is 0 Å². The first-order chi connectivity index (χ1) is 31.3. The molecule has 2 aromatic heterocycles. The van der Waals surface area contributed by atoms with Crippen LogP contribution in [-0.2, 0) is 0 Å². The first-order valence-corrected chi connectivity index (χ1v) is 21.5. The van der Waals surface area contributed by atoms with E-state index in [1.807, 2.05) is 6.07 Å². The number of benzene rings is 10. The zero-order valence-corrected chi connectivity index (χ0v) is 34.4. The Morgan fingerprint density at radius 2 is 0.794 bits per heavy atom. The summed E-state index contributed by atoms with van der Waals surface area (Å²) in [7, 11) is 0. The molecule has 0 unspecified atom stereocenters. The van der Waals surface area contributed by atoms with Crippen LogP contribution in [-0.4, -0.2) is 4.57 Å². The van der Waals surface area contributed by atoms with Crippen molar-refractivity contribution >= 4 is 60.8 Å². The molecule has 0 aliphatic rings. The van der Waals surface area contributed by atoms with Crippen LogP contribution in [0.1, 0.15) is 0 Å². The lowest BCUT2D eigenvalue weighted by molar-refractivity contribution is 0.670. The van der Waals surface area contributed by atoms with Crippen molar-refractivity contribution in [3.63, 3.8) is 0 Å². The molecule has 0 aliphatic heterocycles. The van der Waals surface area contributed by atoms with E-state index < -0.39 is 0 Å². The summed E-state index contributed by atoms with van der Waals surface area (Å²) in [5.74, 6) is 0. The van der Waals surface area contributed by atoms with E-state index in [0.29, 0.717) is 0 Å². The molecule has 0 N–H and O–H groups in total. The maximum Gasteiger partial charge on any atom is 0.143 e. The molecular weight excluding hydrogens is 765 g/mol. The lowest BCUT2D eigenvalue weighted by atomic mass is 9.94. The number of rotatable bonds is 8. The summed E-state index contributed by atoms with van der Waals surface area (Å²) >= 11 is 0. The highest BCUT2D eigenvalue weighted by atomic mass is 16.3. The van der Waals surface area contributed by atoms with Crippen LogP contribution < -0.4 is 4.90 Å². The molecule has 3 heteroatoms. The maximum absolute atomic E-state index is 6.82. The molecule has 63 heavy (non-hydrogen) atoms. The molecule has 0 saturated carbocycles. The Kier molecular flexibility index (Phi) is 8.83. The monoisotopic (exact) mass is 804 g/mol. The fourth-order valence-electron chi connectivity index (χ4n) is 9.46. The third kappa shape index (κ3) is 6.29. The van der Waals surface area contributed by atoms with Gasteiger partial charge in [0.15, 0.2) is 0 Å². The van der Waals surface area contributed by atoms with E-state index in [4.69, 9.17) is 4.42 Å². The summed E-state index contributed by atoms with van der Waals surface area (Å²) in [6.07, 6.45) is 0. The van der Waals surface area contributed by atoms with E-state index in [0.717, 1.165) is 66.9 Å². The topological polar surface area (TPSA) is 21.3 Å². The van der Waals surface area contributed by atoms with Crippen LogP contribution in [0.2, 0.25) is 0 Å². The largest absolute Gasteiger partial charge is 0.455 e. The predicted octanol–water partition coefficient (Wildman–Crippen LogP) is 16.8. The van der Waals surface area contributed by atoms with Gasteiger partial charge < -0.3 is 13.9 Å². The first-order valence-electron chi connectivity index (χ1n) is 21.5. The summed E-state index contributed by atoms with van der Waals surface area (Å²) in [6.45, 7) is 0. The van der Waals surface area contributed by atoms with E-state index >= 15 is 0 Å².